The van der Waals surface area contributed by atoms with Crippen LogP contribution in [-0.4, -0.2) is 34.6 Å². The lowest BCUT2D eigenvalue weighted by molar-refractivity contribution is -0.137. The maximum atomic E-state index is 13.0. The summed E-state index contributed by atoms with van der Waals surface area (Å²) in [6.07, 6.45) is -3.55. The molecular formula is C20H21BrClF3N4OSi. The Morgan fingerprint density at radius 2 is 1.81 bits per heavy atom. The number of halogens is 5. The highest BCUT2D eigenvalue weighted by atomic mass is 79.9. The quantitative estimate of drug-likeness (QED) is 0.270. The van der Waals surface area contributed by atoms with Crippen molar-refractivity contribution in [2.24, 2.45) is 0 Å². The molecule has 0 saturated heterocycles. The zero-order chi connectivity index (χ0) is 22.8. The molecular weight excluding hydrogens is 513 g/mol. The second kappa shape index (κ2) is 9.39. The number of ether oxygens (including phenoxy) is 1. The Labute approximate surface area is 192 Å². The summed E-state index contributed by atoms with van der Waals surface area (Å²) in [6, 6.07) is 7.50. The van der Waals surface area contributed by atoms with Crippen molar-refractivity contribution >= 4 is 35.6 Å². The molecule has 1 unspecified atom stereocenters. The fraction of sp³-hybridized carbons (Fsp3) is 0.350. The average molecular weight is 534 g/mol. The number of hydrogen-bond donors (Lipinski definition) is 1. The maximum Gasteiger partial charge on any atom is 0.416 e. The Hall–Kier alpha value is -1.75. The standard InChI is InChI=1S/C20H21BrClF3N4OSi/c1-31(2,3)11-10-30-16(12-4-6-13(7-5-12)20(23,24)25)18-28-15(17(21)29-18)14-8-9-26-19(22)27-14/h4-9,16H,10-11H2,1-3H3,(H,28,29). The number of imidazole rings is 1. The van der Waals surface area contributed by atoms with Gasteiger partial charge in [-0.3, -0.25) is 0 Å². The number of alkyl halides is 3. The monoisotopic (exact) mass is 532 g/mol. The van der Waals surface area contributed by atoms with Crippen LogP contribution in [0, 0.1) is 0 Å². The van der Waals surface area contributed by atoms with Crippen molar-refractivity contribution < 1.29 is 17.9 Å². The summed E-state index contributed by atoms with van der Waals surface area (Å²) >= 11 is 9.32. The van der Waals surface area contributed by atoms with Gasteiger partial charge in [-0.25, -0.2) is 15.0 Å². The number of aromatic amines is 1. The SMILES string of the molecule is C[Si](C)(C)CCOC(c1ccc(C(F)(F)F)cc1)c1nc(-c2ccnc(Cl)n2)c(Br)[nH]1. The first-order chi connectivity index (χ1) is 14.4. The largest absolute Gasteiger partial charge is 0.416 e. The third-order valence-electron chi connectivity index (χ3n) is 4.47. The first kappa shape index (κ1) is 23.9. The van der Waals surface area contributed by atoms with E-state index in [1.807, 2.05) is 0 Å². The summed E-state index contributed by atoms with van der Waals surface area (Å²) in [6.45, 7) is 7.15. The van der Waals surface area contributed by atoms with E-state index in [9.17, 15) is 13.2 Å². The number of aromatic nitrogens is 4. The van der Waals surface area contributed by atoms with Gasteiger partial charge in [-0.1, -0.05) is 31.8 Å². The summed E-state index contributed by atoms with van der Waals surface area (Å²) < 4.78 is 45.6. The minimum atomic E-state index is -4.40. The predicted octanol–water partition coefficient (Wildman–Crippen LogP) is 6.75. The van der Waals surface area contributed by atoms with Crippen molar-refractivity contribution in [3.63, 3.8) is 0 Å². The molecule has 5 nitrogen and oxygen atoms in total. The van der Waals surface area contributed by atoms with Crippen molar-refractivity contribution in [1.29, 1.82) is 0 Å². The van der Waals surface area contributed by atoms with Gasteiger partial charge < -0.3 is 9.72 Å². The molecule has 2 aromatic heterocycles. The third kappa shape index (κ3) is 6.38. The predicted molar refractivity (Wildman–Crippen MR) is 120 cm³/mol. The third-order valence-corrected chi connectivity index (χ3v) is 6.93. The van der Waals surface area contributed by atoms with E-state index in [2.05, 4.69) is 55.5 Å². The first-order valence-electron chi connectivity index (χ1n) is 9.47. The Morgan fingerprint density at radius 3 is 2.39 bits per heavy atom. The number of nitrogens with zero attached hydrogens (tertiary/aromatic N) is 3. The molecule has 31 heavy (non-hydrogen) atoms. The molecule has 11 heteroatoms. The van der Waals surface area contributed by atoms with Gasteiger partial charge in [0.05, 0.1) is 11.3 Å². The molecule has 1 atom stereocenters. The zero-order valence-corrected chi connectivity index (χ0v) is 20.4. The summed E-state index contributed by atoms with van der Waals surface area (Å²) in [7, 11) is -1.37. The minimum Gasteiger partial charge on any atom is -0.366 e. The Morgan fingerprint density at radius 1 is 1.13 bits per heavy atom. The van der Waals surface area contributed by atoms with E-state index >= 15 is 0 Å². The van der Waals surface area contributed by atoms with Crippen LogP contribution in [0.2, 0.25) is 31.0 Å². The van der Waals surface area contributed by atoms with E-state index in [1.165, 1.54) is 18.3 Å². The highest BCUT2D eigenvalue weighted by molar-refractivity contribution is 9.10. The van der Waals surface area contributed by atoms with Crippen LogP contribution in [-0.2, 0) is 10.9 Å². The molecule has 0 bridgehead atoms. The maximum absolute atomic E-state index is 13.0. The van der Waals surface area contributed by atoms with Crippen molar-refractivity contribution in [3.8, 4) is 11.4 Å². The summed E-state index contributed by atoms with van der Waals surface area (Å²) in [5.41, 5.74) is 0.860. The van der Waals surface area contributed by atoms with Gasteiger partial charge in [0.25, 0.3) is 0 Å². The van der Waals surface area contributed by atoms with Crippen LogP contribution in [0.4, 0.5) is 13.2 Å². The van der Waals surface area contributed by atoms with Gasteiger partial charge in [0.1, 0.15) is 22.2 Å². The molecule has 2 heterocycles. The molecule has 0 amide bonds. The number of benzene rings is 1. The van der Waals surface area contributed by atoms with Crippen molar-refractivity contribution in [2.75, 3.05) is 6.61 Å². The van der Waals surface area contributed by atoms with E-state index in [4.69, 9.17) is 16.3 Å². The van der Waals surface area contributed by atoms with Gasteiger partial charge in [-0.2, -0.15) is 13.2 Å². The molecule has 0 aliphatic carbocycles. The first-order valence-corrected chi connectivity index (χ1v) is 14.3. The van der Waals surface area contributed by atoms with Gasteiger partial charge in [0, 0.05) is 20.9 Å². The highest BCUT2D eigenvalue weighted by Gasteiger charge is 2.31. The molecule has 0 radical (unpaired) electrons. The highest BCUT2D eigenvalue weighted by Crippen LogP contribution is 2.34. The van der Waals surface area contributed by atoms with Gasteiger partial charge in [-0.05, 0) is 57.3 Å². The van der Waals surface area contributed by atoms with E-state index in [0.29, 0.717) is 34.0 Å². The van der Waals surface area contributed by atoms with Gasteiger partial charge >= 0.3 is 6.18 Å². The normalized spacial score (nSPS) is 13.4. The molecule has 0 spiro atoms. The number of rotatable bonds is 7. The molecule has 166 valence electrons. The van der Waals surface area contributed by atoms with Crippen molar-refractivity contribution in [1.82, 2.24) is 19.9 Å². The Kier molecular flexibility index (Phi) is 7.24. The van der Waals surface area contributed by atoms with Crippen LogP contribution in [0.15, 0.2) is 41.1 Å². The second-order valence-electron chi connectivity index (χ2n) is 8.18. The Balaban J connectivity index is 1.95. The smallest absolute Gasteiger partial charge is 0.366 e. The van der Waals surface area contributed by atoms with Crippen LogP contribution >= 0.6 is 27.5 Å². The lowest BCUT2D eigenvalue weighted by Gasteiger charge is -2.20. The summed E-state index contributed by atoms with van der Waals surface area (Å²) in [5, 5.41) is 0.0830. The fourth-order valence-electron chi connectivity index (χ4n) is 2.79. The van der Waals surface area contributed by atoms with E-state index in [-0.39, 0.29) is 5.28 Å². The molecule has 3 aromatic rings. The molecule has 1 aromatic carbocycles. The number of nitrogens with one attached hydrogen (secondary N) is 1. The van der Waals surface area contributed by atoms with Gasteiger partial charge in [0.15, 0.2) is 0 Å². The fourth-order valence-corrected chi connectivity index (χ4v) is 4.17. The van der Waals surface area contributed by atoms with E-state index < -0.39 is 25.9 Å². The van der Waals surface area contributed by atoms with Crippen molar-refractivity contribution in [2.45, 2.75) is 38.0 Å². The lowest BCUT2D eigenvalue weighted by atomic mass is 10.1. The summed E-state index contributed by atoms with van der Waals surface area (Å²) in [5.74, 6) is 0.451. The lowest BCUT2D eigenvalue weighted by Crippen LogP contribution is -2.22. The van der Waals surface area contributed by atoms with Crippen LogP contribution < -0.4 is 0 Å². The van der Waals surface area contributed by atoms with Crippen LogP contribution in [0.1, 0.15) is 23.1 Å². The molecule has 1 N–H and O–H groups in total. The number of H-pyrrole nitrogens is 1. The van der Waals surface area contributed by atoms with E-state index in [1.54, 1.807) is 6.07 Å². The molecule has 0 aliphatic rings. The molecule has 0 aliphatic heterocycles. The summed E-state index contributed by atoms with van der Waals surface area (Å²) in [4.78, 5) is 15.7. The second-order valence-corrected chi connectivity index (χ2v) is 14.9. The molecule has 0 saturated carbocycles. The Bertz CT molecular complexity index is 1040. The minimum absolute atomic E-state index is 0.0830. The average Bonchev–Trinajstić information content (AvgIpc) is 3.05. The van der Waals surface area contributed by atoms with E-state index in [0.717, 1.165) is 18.2 Å². The van der Waals surface area contributed by atoms with Crippen molar-refractivity contribution in [3.05, 3.63) is 63.4 Å². The van der Waals surface area contributed by atoms with Gasteiger partial charge in [-0.15, -0.1) is 0 Å². The topological polar surface area (TPSA) is 63.7 Å². The molecule has 3 rings (SSSR count). The van der Waals surface area contributed by atoms with Crippen LogP contribution in [0.5, 0.6) is 0 Å². The number of hydrogen-bond acceptors (Lipinski definition) is 4. The van der Waals surface area contributed by atoms with Crippen LogP contribution in [0.25, 0.3) is 11.4 Å². The van der Waals surface area contributed by atoms with Gasteiger partial charge in [0.2, 0.25) is 5.28 Å². The zero-order valence-electron chi connectivity index (χ0n) is 17.1. The van der Waals surface area contributed by atoms with Crippen LogP contribution in [0.3, 0.4) is 0 Å². The molecule has 0 fully saturated rings.